The van der Waals surface area contributed by atoms with Crippen molar-refractivity contribution in [2.75, 3.05) is 6.61 Å². The maximum atomic E-state index is 13.0. The molecule has 36 heavy (non-hydrogen) atoms. The van der Waals surface area contributed by atoms with Gasteiger partial charge >= 0.3 is 5.97 Å². The van der Waals surface area contributed by atoms with Crippen molar-refractivity contribution in [1.29, 1.82) is 0 Å². The lowest BCUT2D eigenvalue weighted by Gasteiger charge is -2.25. The Hall–Kier alpha value is -3.77. The highest BCUT2D eigenvalue weighted by molar-refractivity contribution is 5.94. The third-order valence-corrected chi connectivity index (χ3v) is 5.38. The largest absolute Gasteiger partial charge is 0.480 e. The van der Waals surface area contributed by atoms with Gasteiger partial charge in [-0.15, -0.1) is 0 Å². The van der Waals surface area contributed by atoms with Crippen molar-refractivity contribution >= 4 is 23.7 Å². The highest BCUT2D eigenvalue weighted by Gasteiger charge is 2.30. The first-order chi connectivity index (χ1) is 17.1. The summed E-state index contributed by atoms with van der Waals surface area (Å²) in [6.07, 6.45) is 3.36. The van der Waals surface area contributed by atoms with Crippen LogP contribution >= 0.6 is 0 Å². The first-order valence-electron chi connectivity index (χ1n) is 11.6. The number of nitrogens with one attached hydrogen (secondary N) is 4. The van der Waals surface area contributed by atoms with E-state index in [9.17, 15) is 29.4 Å². The molecule has 0 aliphatic rings. The van der Waals surface area contributed by atoms with Crippen molar-refractivity contribution in [2.45, 2.75) is 57.3 Å². The summed E-state index contributed by atoms with van der Waals surface area (Å²) >= 11 is 0. The molecule has 196 valence electrons. The molecule has 4 atom stereocenters. The van der Waals surface area contributed by atoms with Gasteiger partial charge in [0.1, 0.15) is 18.1 Å². The minimum atomic E-state index is -1.37. The molecule has 2 rings (SSSR count). The Bertz CT molecular complexity index is 998. The molecule has 0 saturated carbocycles. The summed E-state index contributed by atoms with van der Waals surface area (Å²) in [6, 6.07) is 4.17. The number of carboxylic acid groups (broad SMARTS) is 1. The predicted molar refractivity (Wildman–Crippen MR) is 130 cm³/mol. The summed E-state index contributed by atoms with van der Waals surface area (Å²) in [5.74, 6) is -3.36. The number of H-pyrrole nitrogens is 1. The fraction of sp³-hybridized carbons (Fsp3) is 0.458. The quantitative estimate of drug-likeness (QED) is 0.172. The number of aromatic amines is 1. The molecule has 4 unspecified atom stereocenters. The first kappa shape index (κ1) is 28.5. The van der Waals surface area contributed by atoms with Crippen LogP contribution in [0.3, 0.4) is 0 Å². The molecule has 1 aromatic carbocycles. The normalized spacial score (nSPS) is 14.4. The topological polar surface area (TPSA) is 200 Å². The van der Waals surface area contributed by atoms with Gasteiger partial charge in [0, 0.05) is 24.7 Å². The highest BCUT2D eigenvalue weighted by Crippen LogP contribution is 2.08. The highest BCUT2D eigenvalue weighted by atomic mass is 16.4. The van der Waals surface area contributed by atoms with Gasteiger partial charge in [-0.25, -0.2) is 9.78 Å². The number of nitrogens with two attached hydrogens (primary N) is 1. The van der Waals surface area contributed by atoms with Gasteiger partial charge in [-0.2, -0.15) is 0 Å². The Morgan fingerprint density at radius 2 is 1.56 bits per heavy atom. The number of carboxylic acids is 1. The molecule has 1 aromatic heterocycles. The Labute approximate surface area is 209 Å². The maximum absolute atomic E-state index is 13.0. The minimum Gasteiger partial charge on any atom is -0.480 e. The number of rotatable bonds is 14. The van der Waals surface area contributed by atoms with E-state index in [4.69, 9.17) is 5.73 Å². The molecule has 0 bridgehead atoms. The van der Waals surface area contributed by atoms with E-state index >= 15 is 0 Å². The molecule has 8 N–H and O–H groups in total. The summed E-state index contributed by atoms with van der Waals surface area (Å²) in [5, 5.41) is 26.6. The van der Waals surface area contributed by atoms with Crippen LogP contribution < -0.4 is 21.7 Å². The standard InChI is InChI=1S/C24H34N6O6/c1-14(2)8-19(24(35)36)29-22(33)18(9-15-6-4-3-5-7-15)28-23(34)20(12-31)30-21(32)17(25)10-16-11-26-13-27-16/h3-7,11,13-14,17-20,31H,8-10,12,25H2,1-2H3,(H,26,27)(H,28,34)(H,29,33)(H,30,32)(H,35,36). The number of aliphatic hydroxyl groups is 1. The molecule has 1 heterocycles. The molecule has 12 heteroatoms. The Kier molecular flexibility index (Phi) is 11.0. The molecule has 0 aliphatic heterocycles. The maximum Gasteiger partial charge on any atom is 0.326 e. The number of aliphatic carboxylic acids is 1. The van der Waals surface area contributed by atoms with E-state index in [2.05, 4.69) is 25.9 Å². The summed E-state index contributed by atoms with van der Waals surface area (Å²) in [6.45, 7) is 2.92. The number of imidazole rings is 1. The van der Waals surface area contributed by atoms with Crippen LogP contribution in [0.4, 0.5) is 0 Å². The van der Waals surface area contributed by atoms with Crippen molar-refractivity contribution in [2.24, 2.45) is 11.7 Å². The summed E-state index contributed by atoms with van der Waals surface area (Å²) in [7, 11) is 0. The zero-order valence-corrected chi connectivity index (χ0v) is 20.3. The van der Waals surface area contributed by atoms with Crippen LogP contribution in [0.15, 0.2) is 42.9 Å². The van der Waals surface area contributed by atoms with Crippen LogP contribution in [0.25, 0.3) is 0 Å². The van der Waals surface area contributed by atoms with E-state index in [0.717, 1.165) is 5.56 Å². The van der Waals surface area contributed by atoms with Crippen LogP contribution in [-0.2, 0) is 32.0 Å². The molecular weight excluding hydrogens is 468 g/mol. The Morgan fingerprint density at radius 3 is 2.11 bits per heavy atom. The Balaban J connectivity index is 2.11. The molecule has 0 saturated heterocycles. The zero-order chi connectivity index (χ0) is 26.7. The monoisotopic (exact) mass is 502 g/mol. The lowest BCUT2D eigenvalue weighted by molar-refractivity contribution is -0.142. The average Bonchev–Trinajstić information content (AvgIpc) is 3.34. The van der Waals surface area contributed by atoms with Gasteiger partial charge in [-0.05, 0) is 17.9 Å². The van der Waals surface area contributed by atoms with Gasteiger partial charge in [-0.1, -0.05) is 44.2 Å². The second kappa shape index (κ2) is 14.0. The molecular formula is C24H34N6O6. The van der Waals surface area contributed by atoms with Crippen LogP contribution in [0.5, 0.6) is 0 Å². The van der Waals surface area contributed by atoms with E-state index in [1.54, 1.807) is 30.3 Å². The van der Waals surface area contributed by atoms with E-state index < -0.39 is 54.5 Å². The number of hydrogen-bond donors (Lipinski definition) is 7. The van der Waals surface area contributed by atoms with Crippen LogP contribution in [0, 0.1) is 5.92 Å². The molecule has 0 fully saturated rings. The lowest BCUT2D eigenvalue weighted by atomic mass is 10.0. The molecule has 0 aliphatic carbocycles. The lowest BCUT2D eigenvalue weighted by Crippen LogP contribution is -2.58. The van der Waals surface area contributed by atoms with Gasteiger partial charge in [0.25, 0.3) is 0 Å². The third-order valence-electron chi connectivity index (χ3n) is 5.38. The van der Waals surface area contributed by atoms with Crippen LogP contribution in [0.2, 0.25) is 0 Å². The first-order valence-corrected chi connectivity index (χ1v) is 11.6. The van der Waals surface area contributed by atoms with Gasteiger partial charge in [0.05, 0.1) is 19.0 Å². The zero-order valence-electron chi connectivity index (χ0n) is 20.3. The van der Waals surface area contributed by atoms with Gasteiger partial charge in [0.15, 0.2) is 0 Å². The molecule has 0 radical (unpaired) electrons. The van der Waals surface area contributed by atoms with Gasteiger partial charge in [0.2, 0.25) is 17.7 Å². The second-order valence-corrected chi connectivity index (χ2v) is 8.91. The number of carbonyl (C=O) groups is 4. The SMILES string of the molecule is CC(C)CC(NC(=O)C(Cc1ccccc1)NC(=O)C(CO)NC(=O)C(N)Cc1cnc[nH]1)C(=O)O. The number of carbonyl (C=O) groups excluding carboxylic acids is 3. The number of aliphatic hydroxyl groups excluding tert-OH is 1. The molecule has 0 spiro atoms. The van der Waals surface area contributed by atoms with Crippen molar-refractivity contribution in [1.82, 2.24) is 25.9 Å². The second-order valence-electron chi connectivity index (χ2n) is 8.91. The number of amides is 3. The smallest absolute Gasteiger partial charge is 0.326 e. The Morgan fingerprint density at radius 1 is 0.944 bits per heavy atom. The van der Waals surface area contributed by atoms with Crippen LogP contribution in [0.1, 0.15) is 31.5 Å². The van der Waals surface area contributed by atoms with Crippen molar-refractivity contribution in [3.63, 3.8) is 0 Å². The van der Waals surface area contributed by atoms with E-state index in [0.29, 0.717) is 5.69 Å². The fourth-order valence-electron chi connectivity index (χ4n) is 3.50. The van der Waals surface area contributed by atoms with Crippen molar-refractivity contribution in [3.8, 4) is 0 Å². The summed E-state index contributed by atoms with van der Waals surface area (Å²) < 4.78 is 0. The molecule has 3 amide bonds. The van der Waals surface area contributed by atoms with Crippen LogP contribution in [-0.4, -0.2) is 74.6 Å². The summed E-state index contributed by atoms with van der Waals surface area (Å²) in [4.78, 5) is 56.7. The number of aromatic nitrogens is 2. The number of nitrogens with zero attached hydrogens (tertiary/aromatic N) is 1. The fourth-order valence-corrected chi connectivity index (χ4v) is 3.50. The predicted octanol–water partition coefficient (Wildman–Crippen LogP) is -0.900. The van der Waals surface area contributed by atoms with Crippen molar-refractivity contribution < 1.29 is 29.4 Å². The van der Waals surface area contributed by atoms with E-state index in [1.165, 1.54) is 12.5 Å². The molecule has 12 nitrogen and oxygen atoms in total. The third kappa shape index (κ3) is 9.12. The van der Waals surface area contributed by atoms with E-state index in [-0.39, 0.29) is 25.2 Å². The van der Waals surface area contributed by atoms with Crippen molar-refractivity contribution in [3.05, 3.63) is 54.1 Å². The number of hydrogen-bond acceptors (Lipinski definition) is 7. The van der Waals surface area contributed by atoms with Gasteiger partial charge < -0.3 is 36.9 Å². The van der Waals surface area contributed by atoms with E-state index in [1.807, 2.05) is 13.8 Å². The van der Waals surface area contributed by atoms with Gasteiger partial charge in [-0.3, -0.25) is 14.4 Å². The minimum absolute atomic E-state index is 0.00788. The average molecular weight is 503 g/mol. The molecule has 2 aromatic rings. The number of benzene rings is 1. The summed E-state index contributed by atoms with van der Waals surface area (Å²) in [5.41, 5.74) is 7.24.